The van der Waals surface area contributed by atoms with E-state index in [-0.39, 0.29) is 0 Å². The topological polar surface area (TPSA) is 45.7 Å². The molecule has 0 bridgehead atoms. The van der Waals surface area contributed by atoms with Crippen molar-refractivity contribution >= 4 is 5.96 Å². The molecule has 0 amide bonds. The van der Waals surface area contributed by atoms with E-state index in [2.05, 4.69) is 48.5 Å². The van der Waals surface area contributed by atoms with Crippen molar-refractivity contribution in [3.63, 3.8) is 0 Å². The summed E-state index contributed by atoms with van der Waals surface area (Å²) in [5, 5.41) is 6.62. The summed E-state index contributed by atoms with van der Waals surface area (Å²) >= 11 is 0. The van der Waals surface area contributed by atoms with Crippen LogP contribution in [0.4, 0.5) is 0 Å². The molecule has 2 N–H and O–H groups in total. The van der Waals surface area contributed by atoms with E-state index in [1.54, 1.807) is 7.05 Å². The van der Waals surface area contributed by atoms with Gasteiger partial charge in [-0.25, -0.2) is 0 Å². The van der Waals surface area contributed by atoms with Crippen molar-refractivity contribution in [2.75, 3.05) is 20.2 Å². The molecular weight excluding hydrogens is 262 g/mol. The smallest absolute Gasteiger partial charge is 0.191 e. The van der Waals surface area contributed by atoms with Gasteiger partial charge in [0.25, 0.3) is 0 Å². The molecule has 0 aliphatic rings. The summed E-state index contributed by atoms with van der Waals surface area (Å²) < 4.78 is 5.75. The molecule has 0 aliphatic carbocycles. The van der Waals surface area contributed by atoms with Crippen molar-refractivity contribution in [1.82, 2.24) is 10.6 Å². The fraction of sp³-hybridized carbons (Fsp3) is 0.588. The third-order valence-electron chi connectivity index (χ3n) is 2.99. The predicted octanol–water partition coefficient (Wildman–Crippen LogP) is 3.19. The van der Waals surface area contributed by atoms with E-state index < -0.39 is 0 Å². The fourth-order valence-corrected chi connectivity index (χ4v) is 1.80. The average molecular weight is 291 g/mol. The minimum atomic E-state index is 0.536. The molecule has 0 aromatic heterocycles. The molecule has 0 unspecified atom stereocenters. The van der Waals surface area contributed by atoms with Crippen molar-refractivity contribution in [1.29, 1.82) is 0 Å². The Bertz CT molecular complexity index is 430. The number of nitrogens with zero attached hydrogens (tertiary/aromatic N) is 1. The second-order valence-electron chi connectivity index (χ2n) is 5.56. The number of unbranched alkanes of at least 4 members (excludes halogenated alkanes) is 1. The highest BCUT2D eigenvalue weighted by molar-refractivity contribution is 5.79. The Labute approximate surface area is 129 Å². The summed E-state index contributed by atoms with van der Waals surface area (Å²) in [5.74, 6) is 2.31. The van der Waals surface area contributed by atoms with Crippen LogP contribution in [0.1, 0.15) is 39.2 Å². The number of aliphatic imine (C=N–C) groups is 1. The molecule has 0 spiro atoms. The molecule has 0 fully saturated rings. The molecule has 21 heavy (non-hydrogen) atoms. The van der Waals surface area contributed by atoms with Crippen LogP contribution in [0, 0.1) is 5.92 Å². The molecule has 0 atom stereocenters. The summed E-state index contributed by atoms with van der Waals surface area (Å²) in [6.45, 7) is 8.92. The van der Waals surface area contributed by atoms with E-state index in [1.165, 1.54) is 12.0 Å². The van der Waals surface area contributed by atoms with Gasteiger partial charge in [-0.3, -0.25) is 4.99 Å². The van der Waals surface area contributed by atoms with Gasteiger partial charge in [0.05, 0.1) is 6.61 Å². The van der Waals surface area contributed by atoms with E-state index >= 15 is 0 Å². The Morgan fingerprint density at radius 1 is 1.29 bits per heavy atom. The third-order valence-corrected chi connectivity index (χ3v) is 2.99. The maximum absolute atomic E-state index is 5.75. The van der Waals surface area contributed by atoms with Crippen molar-refractivity contribution in [2.45, 2.75) is 40.2 Å². The number of hydrogen-bond donors (Lipinski definition) is 2. The van der Waals surface area contributed by atoms with E-state index in [0.717, 1.165) is 37.8 Å². The molecule has 0 heterocycles. The molecule has 1 rings (SSSR count). The van der Waals surface area contributed by atoms with Gasteiger partial charge in [0.15, 0.2) is 5.96 Å². The van der Waals surface area contributed by atoms with Crippen LogP contribution in [-0.4, -0.2) is 26.2 Å². The van der Waals surface area contributed by atoms with Gasteiger partial charge in [-0.2, -0.15) is 0 Å². The highest BCUT2D eigenvalue weighted by Crippen LogP contribution is 2.14. The zero-order chi connectivity index (χ0) is 15.5. The van der Waals surface area contributed by atoms with Gasteiger partial charge < -0.3 is 15.4 Å². The third kappa shape index (κ3) is 7.59. The zero-order valence-electron chi connectivity index (χ0n) is 13.8. The highest BCUT2D eigenvalue weighted by atomic mass is 16.5. The van der Waals surface area contributed by atoms with Gasteiger partial charge >= 0.3 is 0 Å². The quantitative estimate of drug-likeness (QED) is 0.439. The fourth-order valence-electron chi connectivity index (χ4n) is 1.80. The van der Waals surface area contributed by atoms with Crippen molar-refractivity contribution in [3.8, 4) is 5.75 Å². The Morgan fingerprint density at radius 2 is 2.10 bits per heavy atom. The van der Waals surface area contributed by atoms with E-state index in [1.807, 2.05) is 12.1 Å². The van der Waals surface area contributed by atoms with Crippen LogP contribution in [0.5, 0.6) is 5.75 Å². The molecule has 118 valence electrons. The maximum Gasteiger partial charge on any atom is 0.191 e. The minimum absolute atomic E-state index is 0.536. The van der Waals surface area contributed by atoms with Gasteiger partial charge in [-0.05, 0) is 30.0 Å². The highest BCUT2D eigenvalue weighted by Gasteiger charge is 2.01. The van der Waals surface area contributed by atoms with Gasteiger partial charge in [-0.1, -0.05) is 39.3 Å². The van der Waals surface area contributed by atoms with Gasteiger partial charge in [-0.15, -0.1) is 0 Å². The number of nitrogens with one attached hydrogen (secondary N) is 2. The van der Waals surface area contributed by atoms with Gasteiger partial charge in [0, 0.05) is 20.1 Å². The summed E-state index contributed by atoms with van der Waals surface area (Å²) in [6, 6.07) is 8.20. The van der Waals surface area contributed by atoms with Crippen LogP contribution in [0.15, 0.2) is 29.3 Å². The van der Waals surface area contributed by atoms with Crippen LogP contribution < -0.4 is 15.4 Å². The van der Waals surface area contributed by atoms with Crippen LogP contribution in [0.3, 0.4) is 0 Å². The molecule has 0 saturated carbocycles. The Kier molecular flexibility index (Phi) is 8.32. The molecule has 0 radical (unpaired) electrons. The van der Waals surface area contributed by atoms with E-state index in [0.29, 0.717) is 5.92 Å². The van der Waals surface area contributed by atoms with E-state index in [4.69, 9.17) is 4.74 Å². The van der Waals surface area contributed by atoms with Gasteiger partial charge in [0.2, 0.25) is 0 Å². The summed E-state index contributed by atoms with van der Waals surface area (Å²) in [5.41, 5.74) is 1.19. The lowest BCUT2D eigenvalue weighted by molar-refractivity contribution is 0.271. The van der Waals surface area contributed by atoms with Crippen molar-refractivity contribution in [3.05, 3.63) is 29.8 Å². The number of guanidine groups is 1. The monoisotopic (exact) mass is 291 g/mol. The first kappa shape index (κ1) is 17.3. The lowest BCUT2D eigenvalue weighted by atomic mass is 10.2. The second-order valence-corrected chi connectivity index (χ2v) is 5.56. The van der Waals surface area contributed by atoms with Crippen molar-refractivity contribution in [2.24, 2.45) is 10.9 Å². The largest absolute Gasteiger partial charge is 0.493 e. The zero-order valence-corrected chi connectivity index (χ0v) is 13.8. The van der Waals surface area contributed by atoms with Gasteiger partial charge in [0.1, 0.15) is 5.75 Å². The first-order valence-electron chi connectivity index (χ1n) is 7.82. The Balaban J connectivity index is 2.45. The lowest BCUT2D eigenvalue weighted by Crippen LogP contribution is -2.37. The molecule has 1 aromatic carbocycles. The van der Waals surface area contributed by atoms with Crippen LogP contribution in [-0.2, 0) is 6.54 Å². The summed E-state index contributed by atoms with van der Waals surface area (Å²) in [7, 11) is 1.80. The van der Waals surface area contributed by atoms with Crippen molar-refractivity contribution < 1.29 is 4.74 Å². The molecule has 4 nitrogen and oxygen atoms in total. The first-order chi connectivity index (χ1) is 10.2. The molecule has 1 aromatic rings. The predicted molar refractivity (Wildman–Crippen MR) is 89.9 cm³/mol. The van der Waals surface area contributed by atoms with E-state index in [9.17, 15) is 0 Å². The normalized spacial score (nSPS) is 11.6. The lowest BCUT2D eigenvalue weighted by Gasteiger charge is -2.13. The summed E-state index contributed by atoms with van der Waals surface area (Å²) in [6.07, 6.45) is 2.33. The van der Waals surface area contributed by atoms with Crippen LogP contribution in [0.25, 0.3) is 0 Å². The maximum atomic E-state index is 5.75. The number of rotatable bonds is 8. The molecule has 4 heteroatoms. The molecule has 0 aliphatic heterocycles. The average Bonchev–Trinajstić information content (AvgIpc) is 2.49. The number of hydrogen-bond acceptors (Lipinski definition) is 2. The SMILES string of the molecule is CCCCNC(=NC)NCc1cccc(OCC(C)C)c1. The molecular formula is C17H29N3O. The standard InChI is InChI=1S/C17H29N3O/c1-5-6-10-19-17(18-4)20-12-15-8-7-9-16(11-15)21-13-14(2)3/h7-9,11,14H,5-6,10,12-13H2,1-4H3,(H2,18,19,20). The first-order valence-corrected chi connectivity index (χ1v) is 7.82. The Morgan fingerprint density at radius 3 is 2.76 bits per heavy atom. The van der Waals surface area contributed by atoms with Crippen LogP contribution >= 0.6 is 0 Å². The minimum Gasteiger partial charge on any atom is -0.493 e. The molecule has 0 saturated heterocycles. The second kappa shape index (κ2) is 10.1. The van der Waals surface area contributed by atoms with Crippen LogP contribution in [0.2, 0.25) is 0 Å². The Hall–Kier alpha value is -1.71. The number of ether oxygens (including phenoxy) is 1. The summed E-state index contributed by atoms with van der Waals surface area (Å²) in [4.78, 5) is 4.22. The number of benzene rings is 1.